The number of carbonyl (C=O) groups excluding carboxylic acids is 1. The van der Waals surface area contributed by atoms with Crippen molar-refractivity contribution in [2.45, 2.75) is 19.8 Å². The van der Waals surface area contributed by atoms with Gasteiger partial charge in [0, 0.05) is 50.0 Å². The van der Waals surface area contributed by atoms with E-state index in [0.29, 0.717) is 37.6 Å². The Morgan fingerprint density at radius 3 is 2.65 bits per heavy atom. The molecule has 1 aromatic carbocycles. The van der Waals surface area contributed by atoms with Crippen molar-refractivity contribution in [3.8, 4) is 0 Å². The Balaban J connectivity index is 2.21. The van der Waals surface area contributed by atoms with Crippen molar-refractivity contribution in [2.24, 2.45) is 0 Å². The monoisotopic (exact) mass is 283 g/mol. The number of nitrogen functional groups attached to an aromatic ring is 1. The van der Waals surface area contributed by atoms with Crippen molar-refractivity contribution in [2.75, 3.05) is 36.8 Å². The van der Waals surface area contributed by atoms with Crippen LogP contribution in [-0.2, 0) is 4.79 Å². The maximum absolute atomic E-state index is 13.1. The van der Waals surface area contributed by atoms with E-state index < -0.39 is 6.43 Å². The molecule has 1 aliphatic heterocycles. The molecule has 1 fully saturated rings. The third-order valence-corrected chi connectivity index (χ3v) is 3.57. The summed E-state index contributed by atoms with van der Waals surface area (Å²) in [6, 6.07) is 4.60. The van der Waals surface area contributed by atoms with Gasteiger partial charge in [0.25, 0.3) is 6.43 Å². The molecule has 0 radical (unpaired) electrons. The van der Waals surface area contributed by atoms with Gasteiger partial charge in [0.1, 0.15) is 0 Å². The lowest BCUT2D eigenvalue weighted by atomic mass is 10.1. The Kier molecular flexibility index (Phi) is 4.42. The third kappa shape index (κ3) is 3.18. The molecule has 0 unspecified atom stereocenters. The van der Waals surface area contributed by atoms with E-state index in [1.807, 2.05) is 4.90 Å². The van der Waals surface area contributed by atoms with Crippen LogP contribution in [0.15, 0.2) is 18.2 Å². The molecule has 1 aromatic rings. The average molecular weight is 283 g/mol. The highest BCUT2D eigenvalue weighted by atomic mass is 19.3. The van der Waals surface area contributed by atoms with Crippen LogP contribution < -0.4 is 10.6 Å². The van der Waals surface area contributed by atoms with Crippen LogP contribution in [0.5, 0.6) is 0 Å². The molecule has 2 N–H and O–H groups in total. The van der Waals surface area contributed by atoms with Gasteiger partial charge in [0.05, 0.1) is 0 Å². The van der Waals surface area contributed by atoms with E-state index in [0.717, 1.165) is 6.42 Å². The van der Waals surface area contributed by atoms with Gasteiger partial charge in [-0.05, 0) is 24.6 Å². The Morgan fingerprint density at radius 1 is 1.25 bits per heavy atom. The number of nitrogens with zero attached hydrogens (tertiary/aromatic N) is 2. The fourth-order valence-electron chi connectivity index (χ4n) is 2.51. The first-order valence-corrected chi connectivity index (χ1v) is 6.67. The standard InChI is InChI=1S/C14H19F2N3O/c1-10(20)18-5-2-6-19(8-7-18)13-4-3-11(17)9-12(13)14(15)16/h3-4,9,14H,2,5-8,17H2,1H3. The molecule has 0 spiro atoms. The Morgan fingerprint density at radius 2 is 2.00 bits per heavy atom. The van der Waals surface area contributed by atoms with E-state index in [1.165, 1.54) is 13.0 Å². The first-order chi connectivity index (χ1) is 9.49. The molecule has 0 bridgehead atoms. The highest BCUT2D eigenvalue weighted by Gasteiger charge is 2.21. The SMILES string of the molecule is CC(=O)N1CCCN(c2ccc(N)cc2C(F)F)CC1. The van der Waals surface area contributed by atoms with Crippen molar-refractivity contribution >= 4 is 17.3 Å². The number of alkyl halides is 2. The van der Waals surface area contributed by atoms with E-state index in [2.05, 4.69) is 0 Å². The van der Waals surface area contributed by atoms with Gasteiger partial charge in [0.15, 0.2) is 0 Å². The number of hydrogen-bond donors (Lipinski definition) is 1. The molecule has 0 saturated carbocycles. The lowest BCUT2D eigenvalue weighted by Crippen LogP contribution is -2.33. The van der Waals surface area contributed by atoms with Crippen LogP contribution in [0.4, 0.5) is 20.2 Å². The number of anilines is 2. The van der Waals surface area contributed by atoms with Crippen molar-refractivity contribution in [3.05, 3.63) is 23.8 Å². The topological polar surface area (TPSA) is 49.6 Å². The predicted octanol–water partition coefficient (Wildman–Crippen LogP) is 2.27. The van der Waals surface area contributed by atoms with Crippen LogP contribution in [0, 0.1) is 0 Å². The zero-order valence-corrected chi connectivity index (χ0v) is 11.5. The molecule has 1 amide bonds. The predicted molar refractivity (Wildman–Crippen MR) is 74.9 cm³/mol. The van der Waals surface area contributed by atoms with E-state index in [9.17, 15) is 13.6 Å². The maximum Gasteiger partial charge on any atom is 0.265 e. The van der Waals surface area contributed by atoms with Crippen LogP contribution >= 0.6 is 0 Å². The summed E-state index contributed by atoms with van der Waals surface area (Å²) in [4.78, 5) is 15.0. The van der Waals surface area contributed by atoms with Crippen LogP contribution in [-0.4, -0.2) is 37.0 Å². The lowest BCUT2D eigenvalue weighted by molar-refractivity contribution is -0.128. The summed E-state index contributed by atoms with van der Waals surface area (Å²) >= 11 is 0. The van der Waals surface area contributed by atoms with Crippen molar-refractivity contribution in [3.63, 3.8) is 0 Å². The first kappa shape index (κ1) is 14.6. The zero-order valence-electron chi connectivity index (χ0n) is 11.5. The smallest absolute Gasteiger partial charge is 0.265 e. The summed E-state index contributed by atoms with van der Waals surface area (Å²) < 4.78 is 26.2. The minimum absolute atomic E-state index is 0.0261. The van der Waals surface area contributed by atoms with Gasteiger partial charge in [-0.3, -0.25) is 4.79 Å². The summed E-state index contributed by atoms with van der Waals surface area (Å²) in [5.41, 5.74) is 6.39. The zero-order chi connectivity index (χ0) is 14.7. The van der Waals surface area contributed by atoms with E-state index in [1.54, 1.807) is 17.0 Å². The lowest BCUT2D eigenvalue weighted by Gasteiger charge is -2.25. The highest BCUT2D eigenvalue weighted by Crippen LogP contribution is 2.32. The molecular formula is C14H19F2N3O. The molecule has 4 nitrogen and oxygen atoms in total. The van der Waals surface area contributed by atoms with E-state index in [4.69, 9.17) is 5.73 Å². The normalized spacial score (nSPS) is 16.4. The minimum atomic E-state index is -2.55. The summed E-state index contributed by atoms with van der Waals surface area (Å²) in [6.45, 7) is 3.98. The molecule has 1 heterocycles. The van der Waals surface area contributed by atoms with Crippen LogP contribution in [0.2, 0.25) is 0 Å². The number of carbonyl (C=O) groups is 1. The van der Waals surface area contributed by atoms with Crippen molar-refractivity contribution in [1.82, 2.24) is 4.90 Å². The fraction of sp³-hybridized carbons (Fsp3) is 0.500. The molecular weight excluding hydrogens is 264 g/mol. The van der Waals surface area contributed by atoms with Crippen LogP contribution in [0.1, 0.15) is 25.3 Å². The molecule has 2 rings (SSSR count). The number of hydrogen-bond acceptors (Lipinski definition) is 3. The number of nitrogens with two attached hydrogens (primary N) is 1. The second-order valence-corrected chi connectivity index (χ2v) is 4.97. The second-order valence-electron chi connectivity index (χ2n) is 4.97. The van der Waals surface area contributed by atoms with Gasteiger partial charge in [-0.2, -0.15) is 0 Å². The van der Waals surface area contributed by atoms with Crippen LogP contribution in [0.3, 0.4) is 0 Å². The molecule has 0 aliphatic carbocycles. The second kappa shape index (κ2) is 6.07. The number of amides is 1. The van der Waals surface area contributed by atoms with Gasteiger partial charge >= 0.3 is 0 Å². The summed E-state index contributed by atoms with van der Waals surface area (Å²) in [5, 5.41) is 0. The largest absolute Gasteiger partial charge is 0.399 e. The summed E-state index contributed by atoms with van der Waals surface area (Å²) in [7, 11) is 0. The molecule has 0 atom stereocenters. The number of halogens is 2. The highest BCUT2D eigenvalue weighted by molar-refractivity contribution is 5.73. The summed E-state index contributed by atoms with van der Waals surface area (Å²) in [6.07, 6.45) is -1.78. The van der Waals surface area contributed by atoms with Gasteiger partial charge in [-0.1, -0.05) is 0 Å². The Labute approximate surface area is 117 Å². The third-order valence-electron chi connectivity index (χ3n) is 3.57. The van der Waals surface area contributed by atoms with Gasteiger partial charge in [-0.15, -0.1) is 0 Å². The van der Waals surface area contributed by atoms with Crippen molar-refractivity contribution < 1.29 is 13.6 Å². The molecule has 110 valence electrons. The summed E-state index contributed by atoms with van der Waals surface area (Å²) in [5.74, 6) is 0.0261. The quantitative estimate of drug-likeness (QED) is 0.847. The van der Waals surface area contributed by atoms with Crippen molar-refractivity contribution in [1.29, 1.82) is 0 Å². The van der Waals surface area contributed by atoms with Gasteiger partial charge in [-0.25, -0.2) is 8.78 Å². The Bertz CT molecular complexity index is 493. The molecule has 1 saturated heterocycles. The van der Waals surface area contributed by atoms with E-state index in [-0.39, 0.29) is 11.5 Å². The molecule has 0 aromatic heterocycles. The Hall–Kier alpha value is -1.85. The first-order valence-electron chi connectivity index (χ1n) is 6.67. The van der Waals surface area contributed by atoms with Gasteiger partial charge in [0.2, 0.25) is 5.91 Å². The number of benzene rings is 1. The average Bonchev–Trinajstić information content (AvgIpc) is 2.64. The minimum Gasteiger partial charge on any atom is -0.399 e. The number of rotatable bonds is 2. The maximum atomic E-state index is 13.1. The van der Waals surface area contributed by atoms with E-state index >= 15 is 0 Å². The fourth-order valence-corrected chi connectivity index (χ4v) is 2.51. The van der Waals surface area contributed by atoms with Gasteiger partial charge < -0.3 is 15.5 Å². The molecule has 20 heavy (non-hydrogen) atoms. The molecule has 1 aliphatic rings. The van der Waals surface area contributed by atoms with Crippen LogP contribution in [0.25, 0.3) is 0 Å². The molecule has 6 heteroatoms.